The van der Waals surface area contributed by atoms with Crippen molar-refractivity contribution in [2.24, 2.45) is 7.05 Å². The fourth-order valence-electron chi connectivity index (χ4n) is 1.37. The lowest BCUT2D eigenvalue weighted by atomic mass is 10.4. The first-order valence-electron chi connectivity index (χ1n) is 4.44. The van der Waals surface area contributed by atoms with Crippen LogP contribution in [0.15, 0.2) is 15.7 Å². The number of hydrogen-bond donors (Lipinski definition) is 0. The van der Waals surface area contributed by atoms with Crippen molar-refractivity contribution < 1.29 is 13.2 Å². The maximum atomic E-state index is 12.2. The van der Waals surface area contributed by atoms with E-state index in [2.05, 4.69) is 26.0 Å². The Bertz CT molecular complexity index is 630. The molecule has 0 radical (unpaired) electrons. The highest BCUT2D eigenvalue weighted by atomic mass is 79.9. The zero-order chi connectivity index (χ0) is 12.8. The molecule has 92 valence electrons. The Labute approximate surface area is 101 Å². The molecule has 0 fully saturated rings. The normalized spacial score (nSPS) is 12.3. The van der Waals surface area contributed by atoms with Crippen LogP contribution in [0.1, 0.15) is 0 Å². The molecule has 17 heavy (non-hydrogen) atoms. The van der Waals surface area contributed by atoms with Gasteiger partial charge in [0.25, 0.3) is 5.56 Å². The van der Waals surface area contributed by atoms with E-state index in [-0.39, 0.29) is 11.0 Å². The zero-order valence-corrected chi connectivity index (χ0v) is 10.1. The minimum Gasteiger partial charge on any atom is -0.288 e. The van der Waals surface area contributed by atoms with Crippen LogP contribution >= 0.6 is 15.9 Å². The van der Waals surface area contributed by atoms with Gasteiger partial charge in [0.15, 0.2) is 5.52 Å². The Hall–Kier alpha value is -1.38. The molecule has 0 bridgehead atoms. The first-order chi connectivity index (χ1) is 7.79. The molecule has 0 saturated carbocycles. The van der Waals surface area contributed by atoms with Crippen LogP contribution in [0, 0.1) is 0 Å². The summed E-state index contributed by atoms with van der Waals surface area (Å²) in [5.41, 5.74) is -0.657. The molecule has 0 spiro atoms. The van der Waals surface area contributed by atoms with Gasteiger partial charge in [0.05, 0.1) is 6.33 Å². The lowest BCUT2D eigenvalue weighted by Gasteiger charge is -2.07. The van der Waals surface area contributed by atoms with Gasteiger partial charge in [0, 0.05) is 7.05 Å². The predicted molar refractivity (Wildman–Crippen MR) is 56.5 cm³/mol. The van der Waals surface area contributed by atoms with Gasteiger partial charge in [0.1, 0.15) is 16.7 Å². The number of nitrogens with zero attached hydrogens (tertiary/aromatic N) is 4. The molecular formula is C8H6BrF3N4O. The topological polar surface area (TPSA) is 52.7 Å². The molecule has 0 aliphatic carbocycles. The Balaban J connectivity index is 2.63. The molecular weight excluding hydrogens is 305 g/mol. The third kappa shape index (κ3) is 2.19. The van der Waals surface area contributed by atoms with Gasteiger partial charge >= 0.3 is 6.18 Å². The minimum atomic E-state index is -4.47. The smallest absolute Gasteiger partial charge is 0.288 e. The number of aromatic nitrogens is 4. The van der Waals surface area contributed by atoms with E-state index in [1.807, 2.05) is 0 Å². The van der Waals surface area contributed by atoms with E-state index in [9.17, 15) is 18.0 Å². The number of fused-ring (bicyclic) bond motifs is 1. The lowest BCUT2D eigenvalue weighted by Crippen LogP contribution is -2.28. The van der Waals surface area contributed by atoms with E-state index in [1.165, 1.54) is 4.68 Å². The Morgan fingerprint density at radius 2 is 2.06 bits per heavy atom. The molecule has 2 heterocycles. The Morgan fingerprint density at radius 1 is 1.41 bits per heavy atom. The molecule has 0 saturated heterocycles. The standard InChI is InChI=1S/C8H6BrF3N4O/c1-15-6(9)4-5(14-15)7(17)16(3-13-4)2-8(10,11)12/h3H,2H2,1H3. The molecule has 0 aliphatic rings. The molecule has 0 N–H and O–H groups in total. The zero-order valence-electron chi connectivity index (χ0n) is 8.49. The summed E-state index contributed by atoms with van der Waals surface area (Å²) < 4.78 is 38.8. The summed E-state index contributed by atoms with van der Waals surface area (Å²) in [4.78, 5) is 15.5. The number of aryl methyl sites for hydroxylation is 1. The van der Waals surface area contributed by atoms with Gasteiger partial charge < -0.3 is 0 Å². The van der Waals surface area contributed by atoms with Gasteiger partial charge in [-0.05, 0) is 15.9 Å². The van der Waals surface area contributed by atoms with E-state index in [4.69, 9.17) is 0 Å². The van der Waals surface area contributed by atoms with E-state index >= 15 is 0 Å². The third-order valence-electron chi connectivity index (χ3n) is 2.09. The average molecular weight is 311 g/mol. The summed E-state index contributed by atoms with van der Waals surface area (Å²) in [5.74, 6) is 0. The Morgan fingerprint density at radius 3 is 2.65 bits per heavy atom. The molecule has 0 aromatic carbocycles. The van der Waals surface area contributed by atoms with Gasteiger partial charge in [0.2, 0.25) is 0 Å². The number of alkyl halides is 3. The number of rotatable bonds is 1. The summed E-state index contributed by atoms with van der Waals surface area (Å²) in [6.07, 6.45) is -3.60. The minimum absolute atomic E-state index is 0.0916. The third-order valence-corrected chi connectivity index (χ3v) is 2.98. The molecule has 2 aromatic heterocycles. The fraction of sp³-hybridized carbons (Fsp3) is 0.375. The molecule has 5 nitrogen and oxygen atoms in total. The average Bonchev–Trinajstić information content (AvgIpc) is 2.48. The van der Waals surface area contributed by atoms with Crippen LogP contribution in [-0.4, -0.2) is 25.5 Å². The van der Waals surface area contributed by atoms with Crippen LogP contribution in [0.25, 0.3) is 11.0 Å². The van der Waals surface area contributed by atoms with Crippen molar-refractivity contribution in [1.82, 2.24) is 19.3 Å². The van der Waals surface area contributed by atoms with Crippen LogP contribution in [0.4, 0.5) is 13.2 Å². The van der Waals surface area contributed by atoms with Crippen LogP contribution < -0.4 is 5.56 Å². The highest BCUT2D eigenvalue weighted by Crippen LogP contribution is 2.19. The highest BCUT2D eigenvalue weighted by Gasteiger charge is 2.29. The van der Waals surface area contributed by atoms with E-state index in [1.54, 1.807) is 7.05 Å². The van der Waals surface area contributed by atoms with Crippen molar-refractivity contribution in [3.05, 3.63) is 21.3 Å². The van der Waals surface area contributed by atoms with E-state index in [0.717, 1.165) is 6.33 Å². The van der Waals surface area contributed by atoms with Crippen LogP contribution in [0.3, 0.4) is 0 Å². The quantitative estimate of drug-likeness (QED) is 0.801. The van der Waals surface area contributed by atoms with Crippen molar-refractivity contribution >= 4 is 27.0 Å². The summed E-state index contributed by atoms with van der Waals surface area (Å²) >= 11 is 3.14. The van der Waals surface area contributed by atoms with Gasteiger partial charge in [-0.2, -0.15) is 18.3 Å². The van der Waals surface area contributed by atoms with Crippen molar-refractivity contribution in [1.29, 1.82) is 0 Å². The second-order valence-corrected chi connectivity index (χ2v) is 4.16. The maximum Gasteiger partial charge on any atom is 0.406 e. The summed E-state index contributed by atoms with van der Waals surface area (Å²) in [6, 6.07) is 0. The van der Waals surface area contributed by atoms with Crippen LogP contribution in [0.5, 0.6) is 0 Å². The molecule has 2 rings (SSSR count). The van der Waals surface area contributed by atoms with Crippen LogP contribution in [0.2, 0.25) is 0 Å². The summed E-state index contributed by atoms with van der Waals surface area (Å²) in [7, 11) is 1.55. The van der Waals surface area contributed by atoms with Crippen molar-refractivity contribution in [3.63, 3.8) is 0 Å². The van der Waals surface area contributed by atoms with E-state index in [0.29, 0.717) is 9.17 Å². The van der Waals surface area contributed by atoms with Crippen LogP contribution in [-0.2, 0) is 13.6 Å². The van der Waals surface area contributed by atoms with Crippen molar-refractivity contribution in [2.45, 2.75) is 12.7 Å². The molecule has 0 aliphatic heterocycles. The van der Waals surface area contributed by atoms with E-state index < -0.39 is 18.3 Å². The number of hydrogen-bond acceptors (Lipinski definition) is 3. The second-order valence-electron chi connectivity index (χ2n) is 3.40. The second kappa shape index (κ2) is 3.83. The number of halogens is 4. The summed E-state index contributed by atoms with van der Waals surface area (Å²) in [5, 5.41) is 3.81. The monoisotopic (exact) mass is 310 g/mol. The summed E-state index contributed by atoms with van der Waals surface area (Å²) in [6.45, 7) is -1.37. The van der Waals surface area contributed by atoms with Crippen molar-refractivity contribution in [2.75, 3.05) is 0 Å². The molecule has 9 heteroatoms. The van der Waals surface area contributed by atoms with Gasteiger partial charge in [-0.15, -0.1) is 0 Å². The first kappa shape index (κ1) is 12.1. The molecule has 0 atom stereocenters. The predicted octanol–water partition coefficient (Wildman–Crippen LogP) is 1.45. The lowest BCUT2D eigenvalue weighted by molar-refractivity contribution is -0.141. The Kier molecular flexibility index (Phi) is 2.72. The van der Waals surface area contributed by atoms with Gasteiger partial charge in [-0.3, -0.25) is 14.0 Å². The maximum absolute atomic E-state index is 12.2. The molecule has 0 unspecified atom stereocenters. The van der Waals surface area contributed by atoms with Gasteiger partial charge in [-0.25, -0.2) is 4.98 Å². The molecule has 2 aromatic rings. The fourth-order valence-corrected chi connectivity index (χ4v) is 1.74. The largest absolute Gasteiger partial charge is 0.406 e. The first-order valence-corrected chi connectivity index (χ1v) is 5.23. The molecule has 0 amide bonds. The van der Waals surface area contributed by atoms with Crippen molar-refractivity contribution in [3.8, 4) is 0 Å². The van der Waals surface area contributed by atoms with Gasteiger partial charge in [-0.1, -0.05) is 0 Å². The SMILES string of the molecule is Cn1nc2c(=O)n(CC(F)(F)F)cnc2c1Br. The highest BCUT2D eigenvalue weighted by molar-refractivity contribution is 9.10.